The standard InChI is InChI=1S/C22H46O7Si4/c1-19(2)21(23)25-15-13-17-33(12,18-14-16-26-22(24)20(3)4)29-32(10,11)28-31(8,9)27-30(5,6)7/h1,3,13-18H2,2,4-12H3. The molecule has 0 radical (unpaired) electrons. The van der Waals surface area contributed by atoms with Crippen molar-refractivity contribution in [2.45, 2.75) is 91.2 Å². The molecule has 0 unspecified atom stereocenters. The Balaban J connectivity index is 5.19. The Morgan fingerprint density at radius 2 is 1.00 bits per heavy atom. The molecule has 0 rings (SSSR count). The number of ether oxygens (including phenoxy) is 2. The topological polar surface area (TPSA) is 80.3 Å². The van der Waals surface area contributed by atoms with Gasteiger partial charge in [0.15, 0.2) is 16.6 Å². The maximum absolute atomic E-state index is 11.7. The minimum Gasteiger partial charge on any atom is -0.462 e. The van der Waals surface area contributed by atoms with Crippen LogP contribution in [0.15, 0.2) is 24.3 Å². The molecule has 0 aliphatic heterocycles. The van der Waals surface area contributed by atoms with E-state index in [0.717, 1.165) is 12.1 Å². The lowest BCUT2D eigenvalue weighted by molar-refractivity contribution is -0.139. The molecule has 0 spiro atoms. The third-order valence-electron chi connectivity index (χ3n) is 4.40. The third kappa shape index (κ3) is 15.6. The summed E-state index contributed by atoms with van der Waals surface area (Å²) in [5, 5.41) is 0. The van der Waals surface area contributed by atoms with Crippen LogP contribution in [-0.2, 0) is 31.4 Å². The van der Waals surface area contributed by atoms with Crippen LogP contribution < -0.4 is 0 Å². The molecular weight excluding hydrogens is 489 g/mol. The normalized spacial score (nSPS) is 12.9. The summed E-state index contributed by atoms with van der Waals surface area (Å²) >= 11 is 0. The lowest BCUT2D eigenvalue weighted by Crippen LogP contribution is -2.56. The summed E-state index contributed by atoms with van der Waals surface area (Å²) in [6.07, 6.45) is 1.40. The van der Waals surface area contributed by atoms with E-state index < -0.39 is 33.8 Å². The zero-order valence-corrected chi connectivity index (χ0v) is 26.5. The van der Waals surface area contributed by atoms with E-state index in [2.05, 4.69) is 65.5 Å². The fourth-order valence-electron chi connectivity index (χ4n) is 3.66. The Morgan fingerprint density at radius 3 is 1.33 bits per heavy atom. The molecule has 0 aromatic heterocycles. The van der Waals surface area contributed by atoms with Crippen molar-refractivity contribution in [2.75, 3.05) is 13.2 Å². The second kappa shape index (κ2) is 13.3. The average Bonchev–Trinajstić information content (AvgIpc) is 2.58. The molecule has 0 amide bonds. The molecule has 0 aromatic rings. The Kier molecular flexibility index (Phi) is 13.0. The van der Waals surface area contributed by atoms with Gasteiger partial charge in [0.1, 0.15) is 0 Å². The Morgan fingerprint density at radius 1 is 0.636 bits per heavy atom. The van der Waals surface area contributed by atoms with Gasteiger partial charge in [-0.15, -0.1) is 0 Å². The van der Waals surface area contributed by atoms with Crippen molar-refractivity contribution in [2.24, 2.45) is 0 Å². The van der Waals surface area contributed by atoms with Crippen molar-refractivity contribution in [1.82, 2.24) is 0 Å². The molecule has 0 saturated heterocycles. The van der Waals surface area contributed by atoms with Crippen LogP contribution in [0.2, 0.25) is 64.5 Å². The fraction of sp³-hybridized carbons (Fsp3) is 0.727. The van der Waals surface area contributed by atoms with E-state index in [1.807, 2.05) is 0 Å². The van der Waals surface area contributed by atoms with Gasteiger partial charge in [-0.2, -0.15) is 0 Å². The van der Waals surface area contributed by atoms with Crippen molar-refractivity contribution in [3.05, 3.63) is 24.3 Å². The van der Waals surface area contributed by atoms with Gasteiger partial charge in [0, 0.05) is 11.1 Å². The van der Waals surface area contributed by atoms with Crippen LogP contribution in [0.25, 0.3) is 0 Å². The van der Waals surface area contributed by atoms with Crippen LogP contribution >= 0.6 is 0 Å². The third-order valence-corrected chi connectivity index (χ3v) is 19.5. The van der Waals surface area contributed by atoms with Crippen molar-refractivity contribution in [1.29, 1.82) is 0 Å². The Labute approximate surface area is 205 Å². The summed E-state index contributed by atoms with van der Waals surface area (Å²) in [5.41, 5.74) is 0.782. The summed E-state index contributed by atoms with van der Waals surface area (Å²) in [6.45, 7) is 28.1. The van der Waals surface area contributed by atoms with Gasteiger partial charge in [0.2, 0.25) is 0 Å². The average molecular weight is 535 g/mol. The van der Waals surface area contributed by atoms with E-state index in [-0.39, 0.29) is 11.9 Å². The predicted octanol–water partition coefficient (Wildman–Crippen LogP) is 5.87. The molecule has 0 saturated carbocycles. The molecule has 0 atom stereocenters. The van der Waals surface area contributed by atoms with Gasteiger partial charge >= 0.3 is 29.1 Å². The van der Waals surface area contributed by atoms with Crippen LogP contribution in [0.5, 0.6) is 0 Å². The molecule has 0 aliphatic carbocycles. The monoisotopic (exact) mass is 534 g/mol. The van der Waals surface area contributed by atoms with Gasteiger partial charge in [0.05, 0.1) is 13.2 Å². The van der Waals surface area contributed by atoms with Crippen molar-refractivity contribution in [3.63, 3.8) is 0 Å². The minimum atomic E-state index is -2.50. The van der Waals surface area contributed by atoms with Crippen LogP contribution in [0.1, 0.15) is 26.7 Å². The molecule has 0 bridgehead atoms. The van der Waals surface area contributed by atoms with E-state index in [9.17, 15) is 9.59 Å². The van der Waals surface area contributed by atoms with Gasteiger partial charge in [-0.25, -0.2) is 9.59 Å². The summed E-state index contributed by atoms with van der Waals surface area (Å²) in [4.78, 5) is 23.4. The van der Waals surface area contributed by atoms with Crippen molar-refractivity contribution < 1.29 is 31.4 Å². The molecule has 7 nitrogen and oxygen atoms in total. The first kappa shape index (κ1) is 32.2. The van der Waals surface area contributed by atoms with Gasteiger partial charge in [-0.05, 0) is 91.2 Å². The number of carbonyl (C=O) groups is 2. The van der Waals surface area contributed by atoms with Gasteiger partial charge in [0.25, 0.3) is 0 Å². The van der Waals surface area contributed by atoms with E-state index in [1.165, 1.54) is 0 Å². The van der Waals surface area contributed by atoms with Gasteiger partial charge in [-0.1, -0.05) is 13.2 Å². The number of hydrogen-bond acceptors (Lipinski definition) is 7. The lowest BCUT2D eigenvalue weighted by Gasteiger charge is -2.41. The minimum absolute atomic E-state index is 0.324. The number of carbonyl (C=O) groups excluding carboxylic acids is 2. The zero-order chi connectivity index (χ0) is 26.1. The van der Waals surface area contributed by atoms with Gasteiger partial charge in [-0.3, -0.25) is 0 Å². The summed E-state index contributed by atoms with van der Waals surface area (Å²) in [6, 6.07) is 1.61. The highest BCUT2D eigenvalue weighted by atomic mass is 28.5. The molecule has 0 heterocycles. The SMILES string of the molecule is C=C(C)C(=O)OCCC[Si](C)(CCCOC(=O)C(=C)C)O[Si](C)(C)O[Si](C)(C)O[Si](C)(C)C. The Bertz CT molecular complexity index is 665. The second-order valence-electron chi connectivity index (χ2n) is 10.7. The van der Waals surface area contributed by atoms with Gasteiger partial charge < -0.3 is 21.8 Å². The number of esters is 2. The molecule has 192 valence electrons. The first-order chi connectivity index (χ1) is 14.8. The highest BCUT2D eigenvalue weighted by Gasteiger charge is 2.43. The molecule has 0 fully saturated rings. The molecule has 33 heavy (non-hydrogen) atoms. The second-order valence-corrected chi connectivity index (χ2v) is 26.9. The summed E-state index contributed by atoms with van der Waals surface area (Å²) < 4.78 is 30.3. The molecule has 0 N–H and O–H groups in total. The molecule has 11 heteroatoms. The van der Waals surface area contributed by atoms with Crippen LogP contribution in [0, 0.1) is 0 Å². The summed E-state index contributed by atoms with van der Waals surface area (Å²) in [7, 11) is -8.83. The van der Waals surface area contributed by atoms with Crippen molar-refractivity contribution >= 4 is 45.7 Å². The highest BCUT2D eigenvalue weighted by molar-refractivity contribution is 6.89. The van der Waals surface area contributed by atoms with E-state index in [4.69, 9.17) is 21.8 Å². The lowest BCUT2D eigenvalue weighted by atomic mass is 10.4. The quantitative estimate of drug-likeness (QED) is 0.106. The predicted molar refractivity (Wildman–Crippen MR) is 144 cm³/mol. The van der Waals surface area contributed by atoms with Crippen molar-refractivity contribution in [3.8, 4) is 0 Å². The maximum Gasteiger partial charge on any atom is 0.333 e. The van der Waals surface area contributed by atoms with Crippen LogP contribution in [0.4, 0.5) is 0 Å². The van der Waals surface area contributed by atoms with E-state index in [1.54, 1.807) is 13.8 Å². The van der Waals surface area contributed by atoms with E-state index in [0.29, 0.717) is 37.2 Å². The van der Waals surface area contributed by atoms with Crippen LogP contribution in [0.3, 0.4) is 0 Å². The highest BCUT2D eigenvalue weighted by Crippen LogP contribution is 2.29. The Hall–Kier alpha value is -0.832. The molecular formula is C22H46O7Si4. The molecule has 0 aromatic carbocycles. The van der Waals surface area contributed by atoms with E-state index >= 15 is 0 Å². The first-order valence-corrected chi connectivity index (χ1v) is 23.4. The molecule has 0 aliphatic rings. The zero-order valence-electron chi connectivity index (χ0n) is 22.5. The summed E-state index contributed by atoms with van der Waals surface area (Å²) in [5.74, 6) is -0.749. The fourth-order valence-corrected chi connectivity index (χ4v) is 23.0. The maximum atomic E-state index is 11.7. The number of hydrogen-bond donors (Lipinski definition) is 0. The van der Waals surface area contributed by atoms with Crippen LogP contribution in [-0.4, -0.2) is 58.9 Å². The first-order valence-electron chi connectivity index (χ1n) is 11.5. The smallest absolute Gasteiger partial charge is 0.333 e. The largest absolute Gasteiger partial charge is 0.462 e. The number of rotatable bonds is 16.